The van der Waals surface area contributed by atoms with Crippen molar-refractivity contribution < 1.29 is 9.84 Å². The number of rotatable bonds is 5. The van der Waals surface area contributed by atoms with E-state index in [1.54, 1.807) is 18.2 Å². The standard InChI is InChI=1S/C14H19Cl2NO2/c1-14(5-2-6-19-14)9-17-8-13(18)11-7-10(15)3-4-12(11)16/h3-4,7,13,17-18H,2,5-6,8-9H2,1H3. The Morgan fingerprint density at radius 3 is 2.95 bits per heavy atom. The molecule has 1 aromatic rings. The zero-order chi connectivity index (χ0) is 13.9. The zero-order valence-electron chi connectivity index (χ0n) is 11.0. The third kappa shape index (κ3) is 4.07. The third-order valence-corrected chi connectivity index (χ3v) is 4.03. The van der Waals surface area contributed by atoms with Crippen LogP contribution in [0.4, 0.5) is 0 Å². The Bertz CT molecular complexity index is 433. The first kappa shape index (κ1) is 15.1. The van der Waals surface area contributed by atoms with Crippen LogP contribution in [-0.2, 0) is 4.74 Å². The number of halogens is 2. The fourth-order valence-corrected chi connectivity index (χ4v) is 2.75. The minimum Gasteiger partial charge on any atom is -0.387 e. The van der Waals surface area contributed by atoms with Gasteiger partial charge >= 0.3 is 0 Å². The largest absolute Gasteiger partial charge is 0.387 e. The van der Waals surface area contributed by atoms with E-state index in [9.17, 15) is 5.11 Å². The fourth-order valence-electron chi connectivity index (χ4n) is 2.33. The lowest BCUT2D eigenvalue weighted by atomic mass is 10.0. The van der Waals surface area contributed by atoms with E-state index in [0.717, 1.165) is 26.0 Å². The van der Waals surface area contributed by atoms with Gasteiger partial charge in [-0.1, -0.05) is 23.2 Å². The maximum atomic E-state index is 10.1. The van der Waals surface area contributed by atoms with E-state index in [-0.39, 0.29) is 5.60 Å². The molecule has 0 aromatic heterocycles. The summed E-state index contributed by atoms with van der Waals surface area (Å²) in [6, 6.07) is 5.11. The molecule has 1 aromatic carbocycles. The first-order valence-corrected chi connectivity index (χ1v) is 7.23. The molecule has 1 aliphatic rings. The highest BCUT2D eigenvalue weighted by molar-refractivity contribution is 6.33. The molecule has 0 spiro atoms. The van der Waals surface area contributed by atoms with Gasteiger partial charge in [-0.2, -0.15) is 0 Å². The number of benzene rings is 1. The van der Waals surface area contributed by atoms with Gasteiger partial charge in [-0.15, -0.1) is 0 Å². The van der Waals surface area contributed by atoms with Gasteiger partial charge in [0.2, 0.25) is 0 Å². The maximum absolute atomic E-state index is 10.1. The van der Waals surface area contributed by atoms with Crippen molar-refractivity contribution in [2.45, 2.75) is 31.5 Å². The number of nitrogens with one attached hydrogen (secondary N) is 1. The SMILES string of the molecule is CC1(CNCC(O)c2cc(Cl)ccc2Cl)CCCO1. The molecule has 1 saturated heterocycles. The van der Waals surface area contributed by atoms with Crippen LogP contribution in [-0.4, -0.2) is 30.4 Å². The summed E-state index contributed by atoms with van der Waals surface area (Å²) in [5, 5.41) is 14.5. The Kier molecular flexibility index (Phi) is 5.09. The molecular formula is C14H19Cl2NO2. The van der Waals surface area contributed by atoms with Gasteiger partial charge in [0.05, 0.1) is 11.7 Å². The molecule has 2 unspecified atom stereocenters. The van der Waals surface area contributed by atoms with Crippen molar-refractivity contribution in [1.29, 1.82) is 0 Å². The van der Waals surface area contributed by atoms with Crippen LogP contribution in [0, 0.1) is 0 Å². The van der Waals surface area contributed by atoms with E-state index in [0.29, 0.717) is 22.2 Å². The van der Waals surface area contributed by atoms with E-state index < -0.39 is 6.10 Å². The predicted molar refractivity (Wildman–Crippen MR) is 77.9 cm³/mol. The first-order chi connectivity index (χ1) is 9.00. The van der Waals surface area contributed by atoms with Crippen molar-refractivity contribution in [2.24, 2.45) is 0 Å². The molecule has 5 heteroatoms. The Labute approximate surface area is 123 Å². The van der Waals surface area contributed by atoms with Crippen LogP contribution >= 0.6 is 23.2 Å². The molecule has 0 amide bonds. The fraction of sp³-hybridized carbons (Fsp3) is 0.571. The van der Waals surface area contributed by atoms with Crippen LogP contribution < -0.4 is 5.32 Å². The first-order valence-electron chi connectivity index (χ1n) is 6.48. The van der Waals surface area contributed by atoms with Crippen LogP contribution in [0.2, 0.25) is 10.0 Å². The summed E-state index contributed by atoms with van der Waals surface area (Å²) in [5.41, 5.74) is 0.539. The second-order valence-electron chi connectivity index (χ2n) is 5.21. The quantitative estimate of drug-likeness (QED) is 0.878. The summed E-state index contributed by atoms with van der Waals surface area (Å²) in [6.07, 6.45) is 1.48. The monoisotopic (exact) mass is 303 g/mol. The Morgan fingerprint density at radius 2 is 2.26 bits per heavy atom. The Balaban J connectivity index is 1.87. The molecule has 2 rings (SSSR count). The normalized spacial score (nSPS) is 24.6. The highest BCUT2D eigenvalue weighted by Crippen LogP contribution is 2.27. The van der Waals surface area contributed by atoms with Gasteiger partial charge in [-0.25, -0.2) is 0 Å². The van der Waals surface area contributed by atoms with Gasteiger partial charge in [-0.3, -0.25) is 0 Å². The smallest absolute Gasteiger partial charge is 0.0929 e. The molecule has 3 nitrogen and oxygen atoms in total. The van der Waals surface area contributed by atoms with E-state index >= 15 is 0 Å². The lowest BCUT2D eigenvalue weighted by molar-refractivity contribution is 0.0185. The number of ether oxygens (including phenoxy) is 1. The number of hydrogen-bond donors (Lipinski definition) is 2. The Morgan fingerprint density at radius 1 is 1.47 bits per heavy atom. The van der Waals surface area contributed by atoms with Crippen LogP contribution in [0.5, 0.6) is 0 Å². The molecule has 1 heterocycles. The van der Waals surface area contributed by atoms with Crippen LogP contribution in [0.1, 0.15) is 31.4 Å². The zero-order valence-corrected chi connectivity index (χ0v) is 12.5. The third-order valence-electron chi connectivity index (χ3n) is 3.45. The Hall–Kier alpha value is -0.320. The minimum absolute atomic E-state index is 0.113. The van der Waals surface area contributed by atoms with Crippen molar-refractivity contribution in [3.05, 3.63) is 33.8 Å². The lowest BCUT2D eigenvalue weighted by Gasteiger charge is -2.24. The lowest BCUT2D eigenvalue weighted by Crippen LogP contribution is -2.38. The maximum Gasteiger partial charge on any atom is 0.0929 e. The van der Waals surface area contributed by atoms with E-state index in [2.05, 4.69) is 12.2 Å². The van der Waals surface area contributed by atoms with E-state index in [1.165, 1.54) is 0 Å². The summed E-state index contributed by atoms with van der Waals surface area (Å²) < 4.78 is 5.68. The molecule has 2 N–H and O–H groups in total. The number of hydrogen-bond acceptors (Lipinski definition) is 3. The summed E-state index contributed by atoms with van der Waals surface area (Å²) in [5.74, 6) is 0. The topological polar surface area (TPSA) is 41.5 Å². The van der Waals surface area contributed by atoms with Gasteiger partial charge in [0.25, 0.3) is 0 Å². The predicted octanol–water partition coefficient (Wildman–Crippen LogP) is 3.19. The van der Waals surface area contributed by atoms with Gasteiger partial charge in [0.1, 0.15) is 0 Å². The summed E-state index contributed by atoms with van der Waals surface area (Å²) in [7, 11) is 0. The number of aliphatic hydroxyl groups is 1. The molecule has 0 aliphatic carbocycles. The second kappa shape index (κ2) is 6.42. The average molecular weight is 304 g/mol. The van der Waals surface area contributed by atoms with Crippen molar-refractivity contribution >= 4 is 23.2 Å². The van der Waals surface area contributed by atoms with E-state index in [1.807, 2.05) is 0 Å². The van der Waals surface area contributed by atoms with Gasteiger partial charge in [0.15, 0.2) is 0 Å². The molecule has 19 heavy (non-hydrogen) atoms. The molecule has 106 valence electrons. The second-order valence-corrected chi connectivity index (χ2v) is 6.06. The van der Waals surface area contributed by atoms with Crippen LogP contribution in [0.3, 0.4) is 0 Å². The molecule has 0 saturated carbocycles. The van der Waals surface area contributed by atoms with Gasteiger partial charge in [-0.05, 0) is 38.0 Å². The summed E-state index contributed by atoms with van der Waals surface area (Å²) in [4.78, 5) is 0. The van der Waals surface area contributed by atoms with Crippen molar-refractivity contribution in [2.75, 3.05) is 19.7 Å². The van der Waals surface area contributed by atoms with Crippen LogP contribution in [0.15, 0.2) is 18.2 Å². The summed E-state index contributed by atoms with van der Waals surface area (Å²) >= 11 is 12.0. The van der Waals surface area contributed by atoms with Gasteiger partial charge < -0.3 is 15.2 Å². The molecule has 0 bridgehead atoms. The highest BCUT2D eigenvalue weighted by Gasteiger charge is 2.29. The molecule has 1 aliphatic heterocycles. The van der Waals surface area contributed by atoms with Crippen LogP contribution in [0.25, 0.3) is 0 Å². The van der Waals surface area contributed by atoms with Crippen molar-refractivity contribution in [3.8, 4) is 0 Å². The van der Waals surface area contributed by atoms with E-state index in [4.69, 9.17) is 27.9 Å². The molecule has 2 atom stereocenters. The minimum atomic E-state index is -0.670. The highest BCUT2D eigenvalue weighted by atomic mass is 35.5. The molecule has 1 fully saturated rings. The molecule has 0 radical (unpaired) electrons. The molecular weight excluding hydrogens is 285 g/mol. The van der Waals surface area contributed by atoms with Crippen molar-refractivity contribution in [1.82, 2.24) is 5.32 Å². The van der Waals surface area contributed by atoms with Gasteiger partial charge in [0, 0.05) is 35.3 Å². The average Bonchev–Trinajstić information content (AvgIpc) is 2.79. The van der Waals surface area contributed by atoms with Crippen molar-refractivity contribution in [3.63, 3.8) is 0 Å². The number of aliphatic hydroxyl groups excluding tert-OH is 1. The summed E-state index contributed by atoms with van der Waals surface area (Å²) in [6.45, 7) is 4.06.